The van der Waals surface area contributed by atoms with Gasteiger partial charge in [0, 0.05) is 11.6 Å². The average molecular weight is 256 g/mol. The highest BCUT2D eigenvalue weighted by atomic mass is 16.3. The predicted octanol–water partition coefficient (Wildman–Crippen LogP) is 2.29. The number of rotatable bonds is 5. The molecule has 0 radical (unpaired) electrons. The lowest BCUT2D eigenvalue weighted by Gasteiger charge is -2.40. The van der Waals surface area contributed by atoms with Gasteiger partial charge in [0.15, 0.2) is 0 Å². The molecule has 0 spiro atoms. The Hall–Kier alpha value is -0.120. The van der Waals surface area contributed by atoms with Crippen molar-refractivity contribution in [3.63, 3.8) is 0 Å². The summed E-state index contributed by atoms with van der Waals surface area (Å²) in [6.45, 7) is 12.6. The fourth-order valence-corrected chi connectivity index (χ4v) is 2.71. The maximum Gasteiger partial charge on any atom is 0.0784 e. The molecule has 108 valence electrons. The summed E-state index contributed by atoms with van der Waals surface area (Å²) < 4.78 is 0. The molecule has 1 aliphatic rings. The second kappa shape index (κ2) is 6.36. The van der Waals surface area contributed by atoms with Crippen LogP contribution in [0.3, 0.4) is 0 Å². The third-order valence-corrected chi connectivity index (χ3v) is 4.13. The van der Waals surface area contributed by atoms with Gasteiger partial charge in [-0.25, -0.2) is 0 Å². The van der Waals surface area contributed by atoms with Crippen LogP contribution in [0.25, 0.3) is 0 Å². The van der Waals surface area contributed by atoms with Crippen molar-refractivity contribution in [2.75, 3.05) is 13.1 Å². The molecule has 3 atom stereocenters. The molecule has 3 unspecified atom stereocenters. The van der Waals surface area contributed by atoms with Gasteiger partial charge in [-0.15, -0.1) is 0 Å². The van der Waals surface area contributed by atoms with E-state index < -0.39 is 5.60 Å². The van der Waals surface area contributed by atoms with E-state index in [0.29, 0.717) is 0 Å². The van der Waals surface area contributed by atoms with Gasteiger partial charge in [-0.1, -0.05) is 13.3 Å². The molecule has 0 amide bonds. The fraction of sp³-hybridized carbons (Fsp3) is 1.00. The minimum atomic E-state index is -0.605. The molecule has 1 saturated heterocycles. The summed E-state index contributed by atoms with van der Waals surface area (Å²) in [7, 11) is 0. The van der Waals surface area contributed by atoms with E-state index in [1.54, 1.807) is 0 Å². The summed E-state index contributed by atoms with van der Waals surface area (Å²) in [5, 5.41) is 17.6. The van der Waals surface area contributed by atoms with Crippen LogP contribution >= 0.6 is 0 Å². The minimum Gasteiger partial charge on any atom is -0.389 e. The number of nitrogens with one attached hydrogen (secondary N) is 2. The lowest BCUT2D eigenvalue weighted by atomic mass is 9.81. The molecule has 0 aromatic heterocycles. The van der Waals surface area contributed by atoms with Crippen molar-refractivity contribution in [1.29, 1.82) is 0 Å². The third-order valence-electron chi connectivity index (χ3n) is 4.13. The van der Waals surface area contributed by atoms with Crippen LogP contribution < -0.4 is 10.6 Å². The highest BCUT2D eigenvalue weighted by Gasteiger charge is 2.35. The monoisotopic (exact) mass is 256 g/mol. The number of aliphatic hydroxyl groups is 1. The van der Waals surface area contributed by atoms with Crippen LogP contribution in [0.15, 0.2) is 0 Å². The Labute approximate surface area is 113 Å². The van der Waals surface area contributed by atoms with Crippen LogP contribution in [0.2, 0.25) is 0 Å². The largest absolute Gasteiger partial charge is 0.389 e. The van der Waals surface area contributed by atoms with E-state index in [-0.39, 0.29) is 11.6 Å². The first-order valence-corrected chi connectivity index (χ1v) is 7.45. The Balaban J connectivity index is 2.42. The summed E-state index contributed by atoms with van der Waals surface area (Å²) in [6, 6.07) is 0.248. The Morgan fingerprint density at radius 1 is 1.28 bits per heavy atom. The van der Waals surface area contributed by atoms with Crippen LogP contribution in [0.1, 0.15) is 60.3 Å². The van der Waals surface area contributed by atoms with E-state index in [1.165, 1.54) is 12.8 Å². The Morgan fingerprint density at radius 3 is 2.50 bits per heavy atom. The van der Waals surface area contributed by atoms with Crippen molar-refractivity contribution in [1.82, 2.24) is 10.6 Å². The zero-order valence-electron chi connectivity index (χ0n) is 12.8. The summed E-state index contributed by atoms with van der Waals surface area (Å²) in [6.07, 6.45) is 4.40. The molecule has 3 nitrogen and oxygen atoms in total. The minimum absolute atomic E-state index is 0.127. The van der Waals surface area contributed by atoms with Crippen molar-refractivity contribution < 1.29 is 5.11 Å². The number of piperidine rings is 1. The molecule has 3 heteroatoms. The smallest absolute Gasteiger partial charge is 0.0784 e. The first kappa shape index (κ1) is 15.9. The first-order valence-electron chi connectivity index (χ1n) is 7.45. The summed E-state index contributed by atoms with van der Waals surface area (Å²) >= 11 is 0. The van der Waals surface area contributed by atoms with Crippen molar-refractivity contribution in [2.24, 2.45) is 5.92 Å². The van der Waals surface area contributed by atoms with Gasteiger partial charge < -0.3 is 15.7 Å². The van der Waals surface area contributed by atoms with Crippen LogP contribution in [-0.4, -0.2) is 35.4 Å². The molecule has 0 saturated carbocycles. The molecular formula is C15H32N2O. The molecule has 0 bridgehead atoms. The highest BCUT2D eigenvalue weighted by Crippen LogP contribution is 2.27. The van der Waals surface area contributed by atoms with Gasteiger partial charge in [-0.05, 0) is 66.0 Å². The Bertz CT molecular complexity index is 245. The molecule has 0 aliphatic carbocycles. The van der Waals surface area contributed by atoms with Crippen molar-refractivity contribution in [3.8, 4) is 0 Å². The lowest BCUT2D eigenvalue weighted by molar-refractivity contribution is -0.00637. The molecule has 0 aromatic rings. The topological polar surface area (TPSA) is 44.3 Å². The summed E-state index contributed by atoms with van der Waals surface area (Å²) in [5.41, 5.74) is -0.478. The van der Waals surface area contributed by atoms with E-state index in [0.717, 1.165) is 31.8 Å². The van der Waals surface area contributed by atoms with Gasteiger partial charge in [0.2, 0.25) is 0 Å². The first-order chi connectivity index (χ1) is 8.24. The van der Waals surface area contributed by atoms with Gasteiger partial charge in [-0.2, -0.15) is 0 Å². The summed E-state index contributed by atoms with van der Waals surface area (Å²) in [5.74, 6) is 0.776. The molecule has 1 fully saturated rings. The second-order valence-electron chi connectivity index (χ2n) is 7.09. The normalized spacial score (nSPS) is 29.0. The maximum absolute atomic E-state index is 10.6. The fourth-order valence-electron chi connectivity index (χ4n) is 2.71. The van der Waals surface area contributed by atoms with Crippen LogP contribution in [0, 0.1) is 5.92 Å². The van der Waals surface area contributed by atoms with Crippen LogP contribution in [0.4, 0.5) is 0 Å². The van der Waals surface area contributed by atoms with Crippen molar-refractivity contribution in [3.05, 3.63) is 0 Å². The molecule has 3 N–H and O–H groups in total. The molecule has 1 aliphatic heterocycles. The second-order valence-corrected chi connectivity index (χ2v) is 7.09. The van der Waals surface area contributed by atoms with Crippen LogP contribution in [-0.2, 0) is 0 Å². The van der Waals surface area contributed by atoms with E-state index in [9.17, 15) is 5.11 Å². The van der Waals surface area contributed by atoms with Gasteiger partial charge in [0.05, 0.1) is 5.60 Å². The van der Waals surface area contributed by atoms with E-state index in [2.05, 4.69) is 38.3 Å². The molecule has 1 rings (SSSR count). The zero-order valence-corrected chi connectivity index (χ0v) is 12.8. The van der Waals surface area contributed by atoms with E-state index in [1.807, 2.05) is 6.92 Å². The number of hydrogen-bond acceptors (Lipinski definition) is 3. The van der Waals surface area contributed by atoms with E-state index in [4.69, 9.17) is 0 Å². The van der Waals surface area contributed by atoms with Crippen LogP contribution in [0.5, 0.6) is 0 Å². The predicted molar refractivity (Wildman–Crippen MR) is 77.8 cm³/mol. The van der Waals surface area contributed by atoms with Gasteiger partial charge in [0.25, 0.3) is 0 Å². The van der Waals surface area contributed by atoms with Gasteiger partial charge >= 0.3 is 0 Å². The average Bonchev–Trinajstić information content (AvgIpc) is 2.27. The molecule has 18 heavy (non-hydrogen) atoms. The van der Waals surface area contributed by atoms with Crippen molar-refractivity contribution in [2.45, 2.75) is 77.5 Å². The lowest BCUT2D eigenvalue weighted by Crippen LogP contribution is -2.54. The molecule has 1 heterocycles. The van der Waals surface area contributed by atoms with Gasteiger partial charge in [-0.3, -0.25) is 0 Å². The molecule has 0 aromatic carbocycles. The van der Waals surface area contributed by atoms with Crippen molar-refractivity contribution >= 4 is 0 Å². The zero-order chi connectivity index (χ0) is 13.8. The Morgan fingerprint density at radius 2 is 1.94 bits per heavy atom. The standard InChI is InChI=1S/C15H32N2O/c1-6-12-7-9-16-13(11-12)15(5,18)8-10-17-14(2,3)4/h12-13,16-18H,6-11H2,1-5H3. The quantitative estimate of drug-likeness (QED) is 0.707. The van der Waals surface area contributed by atoms with Gasteiger partial charge in [0.1, 0.15) is 0 Å². The number of hydrogen-bond donors (Lipinski definition) is 3. The molecular weight excluding hydrogens is 224 g/mol. The Kier molecular flexibility index (Phi) is 5.63. The third kappa shape index (κ3) is 5.25. The SMILES string of the molecule is CCC1CCNC(C(C)(O)CCNC(C)(C)C)C1. The highest BCUT2D eigenvalue weighted by molar-refractivity contribution is 4.92. The summed E-state index contributed by atoms with van der Waals surface area (Å²) in [4.78, 5) is 0. The maximum atomic E-state index is 10.6. The van der Waals surface area contributed by atoms with E-state index >= 15 is 0 Å².